The maximum absolute atomic E-state index is 12.8. The number of carbonyl (C=O) groups is 1. The van der Waals surface area contributed by atoms with Crippen molar-refractivity contribution in [1.29, 1.82) is 5.26 Å². The molecule has 0 aromatic carbocycles. The van der Waals surface area contributed by atoms with Gasteiger partial charge in [-0.05, 0) is 24.7 Å². The molecule has 0 N–H and O–H groups in total. The Morgan fingerprint density at radius 1 is 1.38 bits per heavy atom. The first-order chi connectivity index (χ1) is 9.92. The lowest BCUT2D eigenvalue weighted by atomic mass is 9.94. The van der Waals surface area contributed by atoms with Gasteiger partial charge < -0.3 is 9.42 Å². The minimum Gasteiger partial charge on any atom is -0.360 e. The van der Waals surface area contributed by atoms with Crippen LogP contribution in [0.25, 0.3) is 0 Å². The zero-order chi connectivity index (χ0) is 15.5. The molecule has 114 valence electrons. The van der Waals surface area contributed by atoms with E-state index in [0.29, 0.717) is 25.2 Å². The van der Waals surface area contributed by atoms with Crippen molar-refractivity contribution in [1.82, 2.24) is 10.1 Å². The first-order valence-electron chi connectivity index (χ1n) is 7.56. The van der Waals surface area contributed by atoms with Crippen molar-refractivity contribution in [2.75, 3.05) is 13.1 Å². The number of nitrogens with zero attached hydrogens (tertiary/aromatic N) is 3. The first kappa shape index (κ1) is 15.6. The molecule has 1 aliphatic carbocycles. The summed E-state index contributed by atoms with van der Waals surface area (Å²) >= 11 is 0. The second kappa shape index (κ2) is 6.30. The van der Waals surface area contributed by atoms with Crippen LogP contribution in [-0.2, 0) is 12.8 Å². The summed E-state index contributed by atoms with van der Waals surface area (Å²) in [6.07, 6.45) is 4.23. The molecule has 0 fully saturated rings. The van der Waals surface area contributed by atoms with Crippen LogP contribution in [0.3, 0.4) is 0 Å². The molecule has 1 aliphatic rings. The highest BCUT2D eigenvalue weighted by Gasteiger charge is 2.29. The number of hydrogen-bond donors (Lipinski definition) is 0. The van der Waals surface area contributed by atoms with Crippen molar-refractivity contribution in [2.45, 2.75) is 52.9 Å². The molecular weight excluding hydrogens is 266 g/mol. The third-order valence-electron chi connectivity index (χ3n) is 3.60. The van der Waals surface area contributed by atoms with Gasteiger partial charge in [-0.1, -0.05) is 25.9 Å². The van der Waals surface area contributed by atoms with Crippen molar-refractivity contribution in [3.8, 4) is 6.07 Å². The van der Waals surface area contributed by atoms with E-state index in [0.717, 1.165) is 37.0 Å². The summed E-state index contributed by atoms with van der Waals surface area (Å²) in [5.74, 6) is 0.757. The van der Waals surface area contributed by atoms with Gasteiger partial charge in [0.1, 0.15) is 5.76 Å². The fraction of sp³-hybridized carbons (Fsp3) is 0.688. The van der Waals surface area contributed by atoms with E-state index in [2.05, 4.69) is 32.0 Å². The second-order valence-electron chi connectivity index (χ2n) is 6.84. The third-order valence-corrected chi connectivity index (χ3v) is 3.60. The number of aryl methyl sites for hydroxylation is 1. The van der Waals surface area contributed by atoms with Crippen molar-refractivity contribution in [3.05, 3.63) is 17.0 Å². The maximum atomic E-state index is 12.8. The molecule has 0 aliphatic heterocycles. The van der Waals surface area contributed by atoms with Crippen LogP contribution in [0.1, 0.15) is 61.8 Å². The lowest BCUT2D eigenvalue weighted by Gasteiger charge is -2.29. The normalized spacial score (nSPS) is 14.4. The predicted molar refractivity (Wildman–Crippen MR) is 78.7 cm³/mol. The number of carbonyl (C=O) groups excluding carboxylic acids is 1. The largest absolute Gasteiger partial charge is 0.360 e. The lowest BCUT2D eigenvalue weighted by molar-refractivity contribution is 0.0688. The Labute approximate surface area is 125 Å². The molecule has 0 bridgehead atoms. The number of aromatic nitrogens is 1. The van der Waals surface area contributed by atoms with Crippen LogP contribution in [0.15, 0.2) is 4.52 Å². The summed E-state index contributed by atoms with van der Waals surface area (Å²) in [7, 11) is 0. The van der Waals surface area contributed by atoms with Gasteiger partial charge in [-0.3, -0.25) is 4.79 Å². The number of amides is 1. The molecule has 2 rings (SSSR count). The monoisotopic (exact) mass is 289 g/mol. The van der Waals surface area contributed by atoms with Crippen LogP contribution in [0.5, 0.6) is 0 Å². The van der Waals surface area contributed by atoms with Crippen molar-refractivity contribution in [3.63, 3.8) is 0 Å². The molecule has 0 saturated carbocycles. The Bertz CT molecular complexity index is 549. The van der Waals surface area contributed by atoms with Gasteiger partial charge >= 0.3 is 0 Å². The fourth-order valence-corrected chi connectivity index (χ4v) is 2.71. The molecule has 0 unspecified atom stereocenters. The SMILES string of the molecule is CC(C)(C)CN(CCC#N)C(=O)c1noc2c1CCCC2. The average molecular weight is 289 g/mol. The molecule has 0 atom stereocenters. The molecule has 5 nitrogen and oxygen atoms in total. The highest BCUT2D eigenvalue weighted by Crippen LogP contribution is 2.26. The summed E-state index contributed by atoms with van der Waals surface area (Å²) < 4.78 is 5.33. The number of rotatable bonds is 4. The summed E-state index contributed by atoms with van der Waals surface area (Å²) in [4.78, 5) is 14.5. The van der Waals surface area contributed by atoms with Crippen LogP contribution >= 0.6 is 0 Å². The predicted octanol–water partition coefficient (Wildman–Crippen LogP) is 2.96. The maximum Gasteiger partial charge on any atom is 0.276 e. The van der Waals surface area contributed by atoms with E-state index >= 15 is 0 Å². The van der Waals surface area contributed by atoms with Crippen LogP contribution in [0, 0.1) is 16.7 Å². The van der Waals surface area contributed by atoms with Gasteiger partial charge in [0, 0.05) is 25.1 Å². The van der Waals surface area contributed by atoms with Gasteiger partial charge in [0.05, 0.1) is 12.5 Å². The standard InChI is InChI=1S/C16H23N3O2/c1-16(2,3)11-19(10-6-9-17)15(20)14-12-7-4-5-8-13(12)21-18-14/h4-8,10-11H2,1-3H3. The Morgan fingerprint density at radius 2 is 2.10 bits per heavy atom. The molecular formula is C16H23N3O2. The molecule has 21 heavy (non-hydrogen) atoms. The quantitative estimate of drug-likeness (QED) is 0.854. The first-order valence-corrected chi connectivity index (χ1v) is 7.56. The molecule has 1 amide bonds. The van der Waals surface area contributed by atoms with E-state index in [1.165, 1.54) is 0 Å². The fourth-order valence-electron chi connectivity index (χ4n) is 2.71. The van der Waals surface area contributed by atoms with Crippen molar-refractivity contribution in [2.24, 2.45) is 5.41 Å². The molecule has 0 spiro atoms. The van der Waals surface area contributed by atoms with Crippen LogP contribution in [-0.4, -0.2) is 29.1 Å². The number of nitriles is 1. The summed E-state index contributed by atoms with van der Waals surface area (Å²) in [6, 6.07) is 2.11. The van der Waals surface area contributed by atoms with Crippen LogP contribution in [0.4, 0.5) is 0 Å². The van der Waals surface area contributed by atoms with Gasteiger partial charge in [0.15, 0.2) is 5.69 Å². The minimum atomic E-state index is -0.105. The smallest absolute Gasteiger partial charge is 0.276 e. The van der Waals surface area contributed by atoms with E-state index in [1.807, 2.05) is 0 Å². The summed E-state index contributed by atoms with van der Waals surface area (Å²) in [5.41, 5.74) is 1.41. The molecule has 0 radical (unpaired) electrons. The minimum absolute atomic E-state index is 0.0189. The van der Waals surface area contributed by atoms with E-state index in [1.54, 1.807) is 4.90 Å². The Hall–Kier alpha value is -1.83. The van der Waals surface area contributed by atoms with E-state index in [4.69, 9.17) is 9.78 Å². The number of hydrogen-bond acceptors (Lipinski definition) is 4. The lowest BCUT2D eigenvalue weighted by Crippen LogP contribution is -2.39. The van der Waals surface area contributed by atoms with Gasteiger partial charge in [-0.15, -0.1) is 0 Å². The Kier molecular flexibility index (Phi) is 4.66. The van der Waals surface area contributed by atoms with Crippen LogP contribution in [0.2, 0.25) is 0 Å². The summed E-state index contributed by atoms with van der Waals surface area (Å²) in [5, 5.41) is 12.8. The van der Waals surface area contributed by atoms with Gasteiger partial charge in [-0.25, -0.2) is 0 Å². The zero-order valence-electron chi connectivity index (χ0n) is 13.1. The van der Waals surface area contributed by atoms with E-state index in [9.17, 15) is 4.79 Å². The Morgan fingerprint density at radius 3 is 2.76 bits per heavy atom. The summed E-state index contributed by atoms with van der Waals surface area (Å²) in [6.45, 7) is 7.29. The van der Waals surface area contributed by atoms with Crippen molar-refractivity contribution < 1.29 is 9.32 Å². The second-order valence-corrected chi connectivity index (χ2v) is 6.84. The van der Waals surface area contributed by atoms with E-state index < -0.39 is 0 Å². The third kappa shape index (κ3) is 3.84. The Balaban J connectivity index is 2.21. The topological polar surface area (TPSA) is 70.1 Å². The molecule has 1 aromatic rings. The molecule has 5 heteroatoms. The van der Waals surface area contributed by atoms with Gasteiger partial charge in [0.25, 0.3) is 5.91 Å². The highest BCUT2D eigenvalue weighted by atomic mass is 16.5. The highest BCUT2D eigenvalue weighted by molar-refractivity contribution is 5.94. The number of fused-ring (bicyclic) bond motifs is 1. The molecule has 0 saturated heterocycles. The average Bonchev–Trinajstić information content (AvgIpc) is 2.85. The van der Waals surface area contributed by atoms with Gasteiger partial charge in [-0.2, -0.15) is 5.26 Å². The van der Waals surface area contributed by atoms with Gasteiger partial charge in [0.2, 0.25) is 0 Å². The van der Waals surface area contributed by atoms with E-state index in [-0.39, 0.29) is 11.3 Å². The zero-order valence-corrected chi connectivity index (χ0v) is 13.1. The van der Waals surface area contributed by atoms with Crippen LogP contribution < -0.4 is 0 Å². The molecule has 1 aromatic heterocycles. The van der Waals surface area contributed by atoms with Crippen molar-refractivity contribution >= 4 is 5.91 Å². The molecule has 1 heterocycles.